The molecule has 2 rings (SSSR count). The highest BCUT2D eigenvalue weighted by Crippen LogP contribution is 2.29. The van der Waals surface area contributed by atoms with Crippen molar-refractivity contribution >= 4 is 0 Å². The molecule has 7 heteroatoms. The first kappa shape index (κ1) is 13.3. The summed E-state index contributed by atoms with van der Waals surface area (Å²) in [5, 5.41) is 0. The average Bonchev–Trinajstić information content (AvgIpc) is 2.31. The van der Waals surface area contributed by atoms with Crippen LogP contribution in [0.25, 0.3) is 11.1 Å². The Morgan fingerprint density at radius 3 is 2.47 bits per heavy atom. The van der Waals surface area contributed by atoms with E-state index in [-0.39, 0.29) is 11.1 Å². The fourth-order valence-corrected chi connectivity index (χ4v) is 1.50. The van der Waals surface area contributed by atoms with Gasteiger partial charge in [0.15, 0.2) is 5.82 Å². The quantitative estimate of drug-likeness (QED) is 0.612. The molecule has 0 unspecified atom stereocenters. The molecule has 1 aromatic heterocycles. The summed E-state index contributed by atoms with van der Waals surface area (Å²) in [7, 11) is 0. The molecule has 100 valence electrons. The fraction of sp³-hybridized carbons (Fsp3) is 0.0833. The maximum absolute atomic E-state index is 13.5. The highest BCUT2D eigenvalue weighted by atomic mass is 19.4. The molecule has 1 aromatic carbocycles. The number of ether oxygens (including phenoxy) is 1. The van der Waals surface area contributed by atoms with Crippen LogP contribution in [-0.4, -0.2) is 11.3 Å². The predicted molar refractivity (Wildman–Crippen MR) is 56.3 cm³/mol. The fourth-order valence-electron chi connectivity index (χ4n) is 1.50. The molecule has 0 N–H and O–H groups in total. The van der Waals surface area contributed by atoms with Crippen LogP contribution in [-0.2, 0) is 0 Å². The Bertz CT molecular complexity index is 597. The lowest BCUT2D eigenvalue weighted by Crippen LogP contribution is -2.17. The first-order valence-corrected chi connectivity index (χ1v) is 5.03. The Kier molecular flexibility index (Phi) is 3.37. The van der Waals surface area contributed by atoms with Crippen LogP contribution in [0.5, 0.6) is 5.75 Å². The minimum absolute atomic E-state index is 0.0561. The zero-order valence-electron chi connectivity index (χ0n) is 9.21. The van der Waals surface area contributed by atoms with Crippen LogP contribution in [0, 0.1) is 11.8 Å². The van der Waals surface area contributed by atoms with Crippen molar-refractivity contribution in [2.24, 2.45) is 0 Å². The van der Waals surface area contributed by atoms with Gasteiger partial charge in [-0.2, -0.15) is 4.39 Å². The summed E-state index contributed by atoms with van der Waals surface area (Å²) in [5.74, 6) is -3.06. The first-order chi connectivity index (χ1) is 8.87. The van der Waals surface area contributed by atoms with E-state index in [2.05, 4.69) is 9.72 Å². The van der Waals surface area contributed by atoms with E-state index in [4.69, 9.17) is 0 Å². The van der Waals surface area contributed by atoms with Crippen LogP contribution in [0.1, 0.15) is 0 Å². The minimum Gasteiger partial charge on any atom is -0.406 e. The molecule has 0 saturated carbocycles. The van der Waals surface area contributed by atoms with Crippen LogP contribution in [0.4, 0.5) is 22.0 Å². The summed E-state index contributed by atoms with van der Waals surface area (Å²) in [4.78, 5) is 3.09. The second kappa shape index (κ2) is 4.83. The Hall–Kier alpha value is -2.18. The number of hydrogen-bond donors (Lipinski definition) is 0. The zero-order valence-corrected chi connectivity index (χ0v) is 9.21. The number of benzene rings is 1. The molecule has 0 aliphatic heterocycles. The van der Waals surface area contributed by atoms with Crippen molar-refractivity contribution in [3.8, 4) is 16.9 Å². The summed E-state index contributed by atoms with van der Waals surface area (Å²) in [6.45, 7) is 0. The third kappa shape index (κ3) is 3.18. The smallest absolute Gasteiger partial charge is 0.406 e. The number of halogens is 5. The van der Waals surface area contributed by atoms with Crippen LogP contribution >= 0.6 is 0 Å². The normalized spacial score (nSPS) is 11.4. The van der Waals surface area contributed by atoms with Crippen molar-refractivity contribution in [2.75, 3.05) is 0 Å². The van der Waals surface area contributed by atoms with Crippen LogP contribution in [0.2, 0.25) is 0 Å². The maximum atomic E-state index is 13.5. The van der Waals surface area contributed by atoms with Crippen molar-refractivity contribution in [3.63, 3.8) is 0 Å². The van der Waals surface area contributed by atoms with Gasteiger partial charge in [-0.25, -0.2) is 9.37 Å². The largest absolute Gasteiger partial charge is 0.573 e. The second-order valence-corrected chi connectivity index (χ2v) is 3.54. The molecule has 2 nitrogen and oxygen atoms in total. The highest BCUT2D eigenvalue weighted by Gasteiger charge is 2.31. The average molecular weight is 275 g/mol. The van der Waals surface area contributed by atoms with E-state index in [1.165, 1.54) is 12.1 Å². The number of pyridine rings is 1. The molecule has 1 heterocycles. The minimum atomic E-state index is -4.85. The lowest BCUT2D eigenvalue weighted by Gasteiger charge is -2.10. The van der Waals surface area contributed by atoms with Gasteiger partial charge >= 0.3 is 6.36 Å². The van der Waals surface area contributed by atoms with E-state index >= 15 is 0 Å². The third-order valence-electron chi connectivity index (χ3n) is 2.23. The van der Waals surface area contributed by atoms with E-state index in [0.29, 0.717) is 0 Å². The topological polar surface area (TPSA) is 22.1 Å². The van der Waals surface area contributed by atoms with Gasteiger partial charge in [-0.15, -0.1) is 13.2 Å². The molecule has 2 aromatic rings. The van der Waals surface area contributed by atoms with Gasteiger partial charge in [0, 0.05) is 11.8 Å². The van der Waals surface area contributed by atoms with Gasteiger partial charge in [0.05, 0.1) is 0 Å². The highest BCUT2D eigenvalue weighted by molar-refractivity contribution is 5.65. The number of nitrogens with zero attached hydrogens (tertiary/aromatic N) is 1. The molecule has 0 aliphatic rings. The van der Waals surface area contributed by atoms with Gasteiger partial charge in [-0.1, -0.05) is 12.1 Å². The Morgan fingerprint density at radius 2 is 1.79 bits per heavy atom. The molecular weight excluding hydrogens is 269 g/mol. The summed E-state index contributed by atoms with van der Waals surface area (Å²) in [6.07, 6.45) is -3.83. The molecular formula is C12H6F5NO. The van der Waals surface area contributed by atoms with Gasteiger partial charge in [0.1, 0.15) is 5.75 Å². The third-order valence-corrected chi connectivity index (χ3v) is 2.23. The maximum Gasteiger partial charge on any atom is 0.573 e. The Morgan fingerprint density at radius 1 is 1.05 bits per heavy atom. The van der Waals surface area contributed by atoms with Crippen molar-refractivity contribution in [3.05, 3.63) is 48.3 Å². The summed E-state index contributed by atoms with van der Waals surface area (Å²) < 4.78 is 66.3. The van der Waals surface area contributed by atoms with Crippen molar-refractivity contribution in [1.29, 1.82) is 0 Å². The molecule has 0 bridgehead atoms. The van der Waals surface area contributed by atoms with E-state index in [0.717, 1.165) is 24.4 Å². The predicted octanol–water partition coefficient (Wildman–Crippen LogP) is 3.93. The second-order valence-electron chi connectivity index (χ2n) is 3.54. The van der Waals surface area contributed by atoms with Gasteiger partial charge in [0.2, 0.25) is 5.95 Å². The molecule has 0 amide bonds. The number of rotatable bonds is 2. The Balaban J connectivity index is 2.41. The molecule has 0 saturated heterocycles. The molecule has 19 heavy (non-hydrogen) atoms. The van der Waals surface area contributed by atoms with Gasteiger partial charge in [-0.3, -0.25) is 0 Å². The Labute approximate surface area is 104 Å². The molecule has 0 atom stereocenters. The molecule has 0 aliphatic carbocycles. The SMILES string of the molecule is Fc1nccc(-c2cccc(OC(F)(F)F)c2)c1F. The van der Waals surface area contributed by atoms with E-state index in [1.807, 2.05) is 0 Å². The van der Waals surface area contributed by atoms with Crippen molar-refractivity contribution < 1.29 is 26.7 Å². The van der Waals surface area contributed by atoms with Crippen LogP contribution in [0.15, 0.2) is 36.5 Å². The van der Waals surface area contributed by atoms with Crippen LogP contribution < -0.4 is 4.74 Å². The lowest BCUT2D eigenvalue weighted by molar-refractivity contribution is -0.274. The lowest BCUT2D eigenvalue weighted by atomic mass is 10.1. The van der Waals surface area contributed by atoms with E-state index in [1.54, 1.807) is 0 Å². The van der Waals surface area contributed by atoms with Crippen molar-refractivity contribution in [1.82, 2.24) is 4.98 Å². The standard InChI is InChI=1S/C12H6F5NO/c13-10-9(4-5-18-11(10)14)7-2-1-3-8(6-7)19-12(15,16)17/h1-6H. The van der Waals surface area contributed by atoms with Gasteiger partial charge in [0.25, 0.3) is 0 Å². The number of alkyl halides is 3. The van der Waals surface area contributed by atoms with Crippen LogP contribution in [0.3, 0.4) is 0 Å². The molecule has 0 fully saturated rings. The van der Waals surface area contributed by atoms with Crippen molar-refractivity contribution in [2.45, 2.75) is 6.36 Å². The summed E-state index contributed by atoms with van der Waals surface area (Å²) >= 11 is 0. The monoisotopic (exact) mass is 275 g/mol. The molecule has 0 radical (unpaired) electrons. The van der Waals surface area contributed by atoms with E-state index < -0.39 is 23.9 Å². The van der Waals surface area contributed by atoms with E-state index in [9.17, 15) is 22.0 Å². The van der Waals surface area contributed by atoms with Gasteiger partial charge in [-0.05, 0) is 23.8 Å². The summed E-state index contributed by atoms with van der Waals surface area (Å²) in [5.41, 5.74) is -0.138. The zero-order chi connectivity index (χ0) is 14.0. The number of aromatic nitrogens is 1. The number of hydrogen-bond acceptors (Lipinski definition) is 2. The first-order valence-electron chi connectivity index (χ1n) is 5.03. The van der Waals surface area contributed by atoms with Gasteiger partial charge < -0.3 is 4.74 Å². The molecule has 0 spiro atoms. The summed E-state index contributed by atoms with van der Waals surface area (Å²) in [6, 6.07) is 5.76.